The molecule has 3 nitrogen and oxygen atoms in total. The van der Waals surface area contributed by atoms with Crippen LogP contribution in [0.1, 0.15) is 68.7 Å². The van der Waals surface area contributed by atoms with E-state index in [1.165, 1.54) is 5.56 Å². The molecule has 4 rings (SSSR count). The second-order valence-electron chi connectivity index (χ2n) is 8.79. The molecule has 2 aliphatic rings. The molecule has 0 saturated heterocycles. The topological polar surface area (TPSA) is 38.3 Å². The summed E-state index contributed by atoms with van der Waals surface area (Å²) in [7, 11) is 0. The summed E-state index contributed by atoms with van der Waals surface area (Å²) in [6.45, 7) is 6.27. The largest absolute Gasteiger partial charge is 0.487 e. The molecule has 0 spiro atoms. The van der Waals surface area contributed by atoms with Crippen molar-refractivity contribution in [3.05, 3.63) is 65.2 Å². The van der Waals surface area contributed by atoms with Crippen LogP contribution in [0.5, 0.6) is 5.75 Å². The van der Waals surface area contributed by atoms with Gasteiger partial charge in [0.1, 0.15) is 11.4 Å². The molecule has 1 aliphatic heterocycles. The standard InChI is InChI=1S/C24H29NO2/c1-17-11-12-21-19(15-17)20(16-23(2,3)27-21)25-22(26)24(13-7-8-14-24)18-9-5-4-6-10-18/h4-6,9-12,15,20H,7-8,13-14,16H2,1-3H3,(H,25,26)/t20-/m0/s1. The Hall–Kier alpha value is -2.29. The molecule has 27 heavy (non-hydrogen) atoms. The molecule has 0 unspecified atom stereocenters. The fourth-order valence-corrected chi connectivity index (χ4v) is 4.78. The first-order valence-corrected chi connectivity index (χ1v) is 10.1. The minimum Gasteiger partial charge on any atom is -0.487 e. The van der Waals surface area contributed by atoms with Crippen molar-refractivity contribution < 1.29 is 9.53 Å². The van der Waals surface area contributed by atoms with Crippen LogP contribution in [0.2, 0.25) is 0 Å². The van der Waals surface area contributed by atoms with Gasteiger partial charge in [0.15, 0.2) is 0 Å². The van der Waals surface area contributed by atoms with E-state index in [4.69, 9.17) is 4.74 Å². The minimum absolute atomic E-state index is 0.0164. The van der Waals surface area contributed by atoms with Crippen molar-refractivity contribution in [2.75, 3.05) is 0 Å². The summed E-state index contributed by atoms with van der Waals surface area (Å²) in [6, 6.07) is 16.6. The third-order valence-corrected chi connectivity index (χ3v) is 6.15. The zero-order chi connectivity index (χ0) is 19.1. The highest BCUT2D eigenvalue weighted by Gasteiger charge is 2.44. The summed E-state index contributed by atoms with van der Waals surface area (Å²) in [5.41, 5.74) is 2.75. The van der Waals surface area contributed by atoms with Gasteiger partial charge in [0, 0.05) is 12.0 Å². The first-order chi connectivity index (χ1) is 12.9. The average molecular weight is 364 g/mol. The number of aryl methyl sites for hydroxylation is 1. The Balaban J connectivity index is 1.67. The SMILES string of the molecule is Cc1ccc2c(c1)[C@@H](NC(=O)C1(c3ccccc3)CCCC1)CC(C)(C)O2. The number of hydrogen-bond donors (Lipinski definition) is 1. The second-order valence-corrected chi connectivity index (χ2v) is 8.79. The molecule has 1 heterocycles. The van der Waals surface area contributed by atoms with Gasteiger partial charge in [-0.2, -0.15) is 0 Å². The maximum atomic E-state index is 13.6. The molecule has 1 atom stereocenters. The maximum Gasteiger partial charge on any atom is 0.231 e. The van der Waals surface area contributed by atoms with E-state index < -0.39 is 5.41 Å². The zero-order valence-electron chi connectivity index (χ0n) is 16.5. The van der Waals surface area contributed by atoms with Gasteiger partial charge in [0.05, 0.1) is 11.5 Å². The van der Waals surface area contributed by atoms with E-state index in [-0.39, 0.29) is 17.6 Å². The molecule has 0 bridgehead atoms. The van der Waals surface area contributed by atoms with Gasteiger partial charge in [-0.3, -0.25) is 4.79 Å². The summed E-state index contributed by atoms with van der Waals surface area (Å²) >= 11 is 0. The van der Waals surface area contributed by atoms with Crippen molar-refractivity contribution in [3.8, 4) is 5.75 Å². The van der Waals surface area contributed by atoms with Crippen molar-refractivity contribution in [2.24, 2.45) is 0 Å². The Labute approximate surface area is 162 Å². The van der Waals surface area contributed by atoms with E-state index in [1.807, 2.05) is 24.3 Å². The summed E-state index contributed by atoms with van der Waals surface area (Å²) in [5, 5.41) is 3.42. The van der Waals surface area contributed by atoms with Gasteiger partial charge >= 0.3 is 0 Å². The second kappa shape index (κ2) is 6.70. The number of ether oxygens (including phenoxy) is 1. The number of carbonyl (C=O) groups is 1. The van der Waals surface area contributed by atoms with Crippen LogP contribution in [0.3, 0.4) is 0 Å². The molecule has 142 valence electrons. The Morgan fingerprint density at radius 2 is 1.78 bits per heavy atom. The van der Waals surface area contributed by atoms with Crippen molar-refractivity contribution in [1.82, 2.24) is 5.32 Å². The number of rotatable bonds is 3. The molecule has 1 fully saturated rings. The molecule has 3 heteroatoms. The number of carbonyl (C=O) groups excluding carboxylic acids is 1. The lowest BCUT2D eigenvalue weighted by Crippen LogP contribution is -2.47. The van der Waals surface area contributed by atoms with Crippen LogP contribution in [0.25, 0.3) is 0 Å². The molecule has 1 saturated carbocycles. The van der Waals surface area contributed by atoms with Gasteiger partial charge in [0.25, 0.3) is 0 Å². The van der Waals surface area contributed by atoms with Crippen LogP contribution in [-0.2, 0) is 10.2 Å². The smallest absolute Gasteiger partial charge is 0.231 e. The first kappa shape index (κ1) is 18.1. The van der Waals surface area contributed by atoms with Gasteiger partial charge in [0.2, 0.25) is 5.91 Å². The highest BCUT2D eigenvalue weighted by molar-refractivity contribution is 5.89. The van der Waals surface area contributed by atoms with E-state index in [0.29, 0.717) is 0 Å². The van der Waals surface area contributed by atoms with Crippen molar-refractivity contribution >= 4 is 5.91 Å². The Kier molecular flexibility index (Phi) is 4.49. The highest BCUT2D eigenvalue weighted by atomic mass is 16.5. The van der Waals surface area contributed by atoms with Crippen LogP contribution < -0.4 is 10.1 Å². The normalized spacial score (nSPS) is 22.6. The van der Waals surface area contributed by atoms with E-state index >= 15 is 0 Å². The fraction of sp³-hybridized carbons (Fsp3) is 0.458. The van der Waals surface area contributed by atoms with E-state index in [9.17, 15) is 4.79 Å². The summed E-state index contributed by atoms with van der Waals surface area (Å²) in [4.78, 5) is 13.6. The lowest BCUT2D eigenvalue weighted by Gasteiger charge is -2.39. The fourth-order valence-electron chi connectivity index (χ4n) is 4.78. The molecule has 0 radical (unpaired) electrons. The van der Waals surface area contributed by atoms with E-state index in [2.05, 4.69) is 50.4 Å². The Morgan fingerprint density at radius 1 is 1.07 bits per heavy atom. The van der Waals surface area contributed by atoms with Crippen LogP contribution in [-0.4, -0.2) is 11.5 Å². The maximum absolute atomic E-state index is 13.6. The molecular weight excluding hydrogens is 334 g/mol. The molecule has 1 amide bonds. The third-order valence-electron chi connectivity index (χ3n) is 6.15. The third kappa shape index (κ3) is 3.36. The van der Waals surface area contributed by atoms with Gasteiger partial charge < -0.3 is 10.1 Å². The van der Waals surface area contributed by atoms with Gasteiger partial charge in [-0.1, -0.05) is 60.9 Å². The predicted octanol–water partition coefficient (Wildman–Crippen LogP) is 5.23. The van der Waals surface area contributed by atoms with Gasteiger partial charge in [-0.15, -0.1) is 0 Å². The quantitative estimate of drug-likeness (QED) is 0.811. The number of hydrogen-bond acceptors (Lipinski definition) is 2. The number of amides is 1. The number of fused-ring (bicyclic) bond motifs is 1. The summed E-state index contributed by atoms with van der Waals surface area (Å²) < 4.78 is 6.17. The lowest BCUT2D eigenvalue weighted by atomic mass is 9.77. The van der Waals surface area contributed by atoms with Crippen LogP contribution in [0.15, 0.2) is 48.5 Å². The number of benzene rings is 2. The molecule has 2 aromatic rings. The van der Waals surface area contributed by atoms with Gasteiger partial charge in [-0.25, -0.2) is 0 Å². The minimum atomic E-state index is -0.395. The molecule has 1 N–H and O–H groups in total. The summed E-state index contributed by atoms with van der Waals surface area (Å²) in [5.74, 6) is 1.06. The summed E-state index contributed by atoms with van der Waals surface area (Å²) in [6.07, 6.45) is 4.85. The van der Waals surface area contributed by atoms with Crippen LogP contribution in [0, 0.1) is 6.92 Å². The van der Waals surface area contributed by atoms with Crippen molar-refractivity contribution in [2.45, 2.75) is 69.9 Å². The predicted molar refractivity (Wildman–Crippen MR) is 108 cm³/mol. The molecule has 0 aromatic heterocycles. The van der Waals surface area contributed by atoms with Crippen LogP contribution >= 0.6 is 0 Å². The Morgan fingerprint density at radius 3 is 2.48 bits per heavy atom. The Bertz CT molecular complexity index is 835. The number of nitrogens with one attached hydrogen (secondary N) is 1. The first-order valence-electron chi connectivity index (χ1n) is 10.1. The van der Waals surface area contributed by atoms with E-state index in [0.717, 1.165) is 49.0 Å². The van der Waals surface area contributed by atoms with Crippen molar-refractivity contribution in [3.63, 3.8) is 0 Å². The highest BCUT2D eigenvalue weighted by Crippen LogP contribution is 2.44. The van der Waals surface area contributed by atoms with Gasteiger partial charge in [-0.05, 0) is 45.2 Å². The average Bonchev–Trinajstić information content (AvgIpc) is 3.14. The zero-order valence-corrected chi connectivity index (χ0v) is 16.5. The molecular formula is C24H29NO2. The molecule has 2 aromatic carbocycles. The lowest BCUT2D eigenvalue weighted by molar-refractivity contribution is -0.128. The monoisotopic (exact) mass is 363 g/mol. The van der Waals surface area contributed by atoms with Crippen molar-refractivity contribution in [1.29, 1.82) is 0 Å². The molecule has 1 aliphatic carbocycles. The van der Waals surface area contributed by atoms with E-state index in [1.54, 1.807) is 0 Å². The van der Waals surface area contributed by atoms with Crippen LogP contribution in [0.4, 0.5) is 0 Å².